The number of ether oxygens (including phenoxy) is 2. The average Bonchev–Trinajstić information content (AvgIpc) is 2.90. The standard InChI is InChI=1S/C28H33Cl2F3N2O3/c1-37-27(36)26(16-20-4-2-3-5-23(20)28(31,32)33)35-14-8-19(9-15-35)18-34-12-10-21(11-13-34)38-22-6-7-24(29)25(30)17-22/h2-7,17,19,21,26H,8-16,18H2,1H3. The number of hydrogen-bond acceptors (Lipinski definition) is 5. The average molecular weight is 573 g/mol. The van der Waals surface area contributed by atoms with Crippen molar-refractivity contribution in [2.75, 3.05) is 39.8 Å². The predicted molar refractivity (Wildman–Crippen MR) is 142 cm³/mol. The molecule has 2 aromatic rings. The lowest BCUT2D eigenvalue weighted by molar-refractivity contribution is -0.148. The Balaban J connectivity index is 1.27. The van der Waals surface area contributed by atoms with Crippen molar-refractivity contribution in [1.82, 2.24) is 9.80 Å². The molecule has 38 heavy (non-hydrogen) atoms. The summed E-state index contributed by atoms with van der Waals surface area (Å²) in [4.78, 5) is 17.0. The van der Waals surface area contributed by atoms with E-state index >= 15 is 0 Å². The summed E-state index contributed by atoms with van der Waals surface area (Å²) in [6.07, 6.45) is -0.762. The summed E-state index contributed by atoms with van der Waals surface area (Å²) in [5, 5.41) is 0.982. The summed E-state index contributed by atoms with van der Waals surface area (Å²) in [5.74, 6) is 0.701. The maximum Gasteiger partial charge on any atom is 0.416 e. The van der Waals surface area contributed by atoms with Crippen LogP contribution in [-0.4, -0.2) is 67.7 Å². The molecule has 0 aromatic heterocycles. The van der Waals surface area contributed by atoms with E-state index in [0.717, 1.165) is 57.1 Å². The fourth-order valence-electron chi connectivity index (χ4n) is 5.45. The Labute approximate surface area is 231 Å². The summed E-state index contributed by atoms with van der Waals surface area (Å²) in [5.41, 5.74) is -0.584. The lowest BCUT2D eigenvalue weighted by Gasteiger charge is -2.39. The molecule has 1 atom stereocenters. The quantitative estimate of drug-likeness (QED) is 0.345. The van der Waals surface area contributed by atoms with Crippen LogP contribution in [0.5, 0.6) is 5.75 Å². The molecule has 0 bridgehead atoms. The van der Waals surface area contributed by atoms with Crippen molar-refractivity contribution in [2.24, 2.45) is 5.92 Å². The number of nitrogens with zero attached hydrogens (tertiary/aromatic N) is 2. The largest absolute Gasteiger partial charge is 0.490 e. The van der Waals surface area contributed by atoms with Crippen molar-refractivity contribution in [3.63, 3.8) is 0 Å². The Morgan fingerprint density at radius 2 is 1.68 bits per heavy atom. The zero-order valence-corrected chi connectivity index (χ0v) is 22.9. The molecule has 2 aliphatic rings. The van der Waals surface area contributed by atoms with Crippen LogP contribution in [0.25, 0.3) is 0 Å². The number of piperidine rings is 2. The van der Waals surface area contributed by atoms with Gasteiger partial charge in [0.1, 0.15) is 17.9 Å². The number of carbonyl (C=O) groups excluding carboxylic acids is 1. The molecular formula is C28H33Cl2F3N2O3. The minimum atomic E-state index is -4.47. The summed E-state index contributed by atoms with van der Waals surface area (Å²) < 4.78 is 51.6. The summed E-state index contributed by atoms with van der Waals surface area (Å²) in [6, 6.07) is 10.0. The van der Waals surface area contributed by atoms with E-state index in [0.29, 0.717) is 29.1 Å². The number of alkyl halides is 3. The maximum atomic E-state index is 13.5. The number of esters is 1. The second kappa shape index (κ2) is 12.9. The zero-order chi connectivity index (χ0) is 27.3. The molecule has 2 heterocycles. The molecule has 208 valence electrons. The molecule has 0 N–H and O–H groups in total. The van der Waals surface area contributed by atoms with Crippen molar-refractivity contribution < 1.29 is 27.4 Å². The molecule has 5 nitrogen and oxygen atoms in total. The molecule has 2 fully saturated rings. The molecule has 0 saturated carbocycles. The van der Waals surface area contributed by atoms with Gasteiger partial charge in [0.2, 0.25) is 0 Å². The molecule has 2 saturated heterocycles. The van der Waals surface area contributed by atoms with Crippen LogP contribution < -0.4 is 4.74 Å². The van der Waals surface area contributed by atoms with E-state index in [1.54, 1.807) is 18.2 Å². The van der Waals surface area contributed by atoms with E-state index in [4.69, 9.17) is 32.7 Å². The van der Waals surface area contributed by atoms with E-state index in [1.165, 1.54) is 19.2 Å². The lowest BCUT2D eigenvalue weighted by Crippen LogP contribution is -2.49. The molecule has 0 aliphatic carbocycles. The second-order valence-electron chi connectivity index (χ2n) is 10.1. The van der Waals surface area contributed by atoms with Crippen LogP contribution in [0.2, 0.25) is 10.0 Å². The van der Waals surface area contributed by atoms with E-state index in [2.05, 4.69) is 4.90 Å². The van der Waals surface area contributed by atoms with E-state index in [-0.39, 0.29) is 18.1 Å². The van der Waals surface area contributed by atoms with Crippen LogP contribution in [0.3, 0.4) is 0 Å². The number of methoxy groups -OCH3 is 1. The Hall–Kier alpha value is -2.00. The Kier molecular flexibility index (Phi) is 9.84. The van der Waals surface area contributed by atoms with E-state index in [9.17, 15) is 18.0 Å². The van der Waals surface area contributed by atoms with Crippen molar-refractivity contribution >= 4 is 29.2 Å². The van der Waals surface area contributed by atoms with Gasteiger partial charge in [0, 0.05) is 25.7 Å². The topological polar surface area (TPSA) is 42.0 Å². The van der Waals surface area contributed by atoms with Gasteiger partial charge in [0.25, 0.3) is 0 Å². The van der Waals surface area contributed by atoms with Gasteiger partial charge in [-0.2, -0.15) is 13.2 Å². The number of benzene rings is 2. The van der Waals surface area contributed by atoms with Crippen LogP contribution in [0, 0.1) is 5.92 Å². The molecule has 1 unspecified atom stereocenters. The number of likely N-dealkylation sites (tertiary alicyclic amines) is 2. The third kappa shape index (κ3) is 7.56. The Morgan fingerprint density at radius 3 is 2.32 bits per heavy atom. The molecule has 0 amide bonds. The predicted octanol–water partition coefficient (Wildman–Crippen LogP) is 6.35. The first-order valence-corrected chi connectivity index (χ1v) is 13.7. The van der Waals surface area contributed by atoms with Crippen molar-refractivity contribution in [2.45, 2.75) is 50.4 Å². The van der Waals surface area contributed by atoms with Gasteiger partial charge in [-0.05, 0) is 74.9 Å². The third-order valence-corrected chi connectivity index (χ3v) is 8.28. The second-order valence-corrected chi connectivity index (χ2v) is 10.9. The van der Waals surface area contributed by atoms with Gasteiger partial charge in [-0.1, -0.05) is 41.4 Å². The first-order chi connectivity index (χ1) is 18.1. The fourth-order valence-corrected chi connectivity index (χ4v) is 5.73. The Bertz CT molecular complexity index is 1090. The van der Waals surface area contributed by atoms with E-state index in [1.807, 2.05) is 11.0 Å². The van der Waals surface area contributed by atoms with Crippen LogP contribution in [0.15, 0.2) is 42.5 Å². The van der Waals surface area contributed by atoms with Gasteiger partial charge in [-0.3, -0.25) is 9.69 Å². The first kappa shape index (κ1) is 29.0. The fraction of sp³-hybridized carbons (Fsp3) is 0.536. The van der Waals surface area contributed by atoms with Crippen molar-refractivity contribution in [1.29, 1.82) is 0 Å². The van der Waals surface area contributed by atoms with Crippen LogP contribution in [0.4, 0.5) is 13.2 Å². The van der Waals surface area contributed by atoms with Gasteiger partial charge in [0.05, 0.1) is 22.7 Å². The van der Waals surface area contributed by atoms with Crippen molar-refractivity contribution in [3.8, 4) is 5.75 Å². The van der Waals surface area contributed by atoms with Gasteiger partial charge in [-0.15, -0.1) is 0 Å². The van der Waals surface area contributed by atoms with Crippen molar-refractivity contribution in [3.05, 3.63) is 63.6 Å². The SMILES string of the molecule is COC(=O)C(Cc1ccccc1C(F)(F)F)N1CCC(CN2CCC(Oc3ccc(Cl)c(Cl)c3)CC2)CC1. The van der Waals surface area contributed by atoms with Crippen LogP contribution >= 0.6 is 23.2 Å². The van der Waals surface area contributed by atoms with Crippen LogP contribution in [0.1, 0.15) is 36.8 Å². The highest BCUT2D eigenvalue weighted by molar-refractivity contribution is 6.42. The first-order valence-electron chi connectivity index (χ1n) is 12.9. The van der Waals surface area contributed by atoms with Gasteiger partial charge < -0.3 is 14.4 Å². The number of rotatable bonds is 8. The number of halogens is 5. The zero-order valence-electron chi connectivity index (χ0n) is 21.4. The molecule has 4 rings (SSSR count). The molecule has 2 aliphatic heterocycles. The molecule has 2 aromatic carbocycles. The van der Waals surface area contributed by atoms with Gasteiger partial charge >= 0.3 is 12.1 Å². The smallest absolute Gasteiger partial charge is 0.416 e. The normalized spacial score (nSPS) is 19.3. The van der Waals surface area contributed by atoms with Crippen LogP contribution in [-0.2, 0) is 22.1 Å². The number of carbonyl (C=O) groups is 1. The van der Waals surface area contributed by atoms with E-state index < -0.39 is 23.8 Å². The molecule has 0 spiro atoms. The molecular weight excluding hydrogens is 540 g/mol. The maximum absolute atomic E-state index is 13.5. The highest BCUT2D eigenvalue weighted by Gasteiger charge is 2.37. The summed E-state index contributed by atoms with van der Waals surface area (Å²) in [7, 11) is 1.28. The van der Waals surface area contributed by atoms with Gasteiger partial charge in [-0.25, -0.2) is 0 Å². The monoisotopic (exact) mass is 572 g/mol. The molecule has 0 radical (unpaired) electrons. The molecule has 10 heteroatoms. The summed E-state index contributed by atoms with van der Waals surface area (Å²) in [6.45, 7) is 4.13. The third-order valence-electron chi connectivity index (χ3n) is 7.54. The Morgan fingerprint density at radius 1 is 1.00 bits per heavy atom. The minimum absolute atomic E-state index is 0.0284. The lowest BCUT2D eigenvalue weighted by atomic mass is 9.92. The minimum Gasteiger partial charge on any atom is -0.490 e. The highest BCUT2D eigenvalue weighted by atomic mass is 35.5. The highest BCUT2D eigenvalue weighted by Crippen LogP contribution is 2.33. The number of hydrogen-bond donors (Lipinski definition) is 0. The van der Waals surface area contributed by atoms with Gasteiger partial charge in [0.15, 0.2) is 0 Å². The summed E-state index contributed by atoms with van der Waals surface area (Å²) >= 11 is 12.1.